The fraction of sp³-hybridized carbons (Fsp3) is 0.192. The lowest BCUT2D eigenvalue weighted by molar-refractivity contribution is -0.136. The molecule has 32 heavy (non-hydrogen) atoms. The van der Waals surface area contributed by atoms with Crippen LogP contribution in [0, 0.1) is 0 Å². The van der Waals surface area contributed by atoms with Crippen molar-refractivity contribution in [1.29, 1.82) is 0 Å². The number of para-hydroxylation sites is 1. The molecule has 4 rings (SSSR count). The smallest absolute Gasteiger partial charge is 0.307 e. The van der Waals surface area contributed by atoms with Crippen LogP contribution in [0.2, 0.25) is 0 Å². The van der Waals surface area contributed by atoms with Crippen molar-refractivity contribution in [3.05, 3.63) is 89.2 Å². The van der Waals surface area contributed by atoms with Crippen LogP contribution in [-0.2, 0) is 24.4 Å². The number of aliphatic carboxylic acids is 1. The van der Waals surface area contributed by atoms with Crippen molar-refractivity contribution in [2.75, 3.05) is 0 Å². The topological polar surface area (TPSA) is 112 Å². The van der Waals surface area contributed by atoms with Crippen molar-refractivity contribution in [3.63, 3.8) is 0 Å². The largest absolute Gasteiger partial charge is 0.489 e. The van der Waals surface area contributed by atoms with Crippen LogP contribution < -0.4 is 16.2 Å². The Morgan fingerprint density at radius 3 is 2.62 bits per heavy atom. The van der Waals surface area contributed by atoms with Crippen LogP contribution in [0.4, 0.5) is 0 Å². The molecule has 6 heteroatoms. The highest BCUT2D eigenvalue weighted by atomic mass is 16.5. The summed E-state index contributed by atoms with van der Waals surface area (Å²) in [6, 6.07) is 21.0. The number of hydrogen-bond acceptors (Lipinski definition) is 5. The Balaban J connectivity index is 1.73. The lowest BCUT2D eigenvalue weighted by Gasteiger charge is -2.12. The lowest BCUT2D eigenvalue weighted by Crippen LogP contribution is -2.04. The molecule has 1 atom stereocenters. The number of rotatable bonds is 8. The van der Waals surface area contributed by atoms with E-state index in [1.165, 1.54) is 0 Å². The van der Waals surface area contributed by atoms with E-state index in [1.54, 1.807) is 18.2 Å². The zero-order valence-electron chi connectivity index (χ0n) is 17.9. The van der Waals surface area contributed by atoms with Crippen molar-refractivity contribution in [1.82, 2.24) is 0 Å². The first kappa shape index (κ1) is 21.6. The molecular weight excluding hydrogens is 404 g/mol. The second-order valence-electron chi connectivity index (χ2n) is 7.87. The van der Waals surface area contributed by atoms with Crippen LogP contribution in [0.15, 0.2) is 71.1 Å². The molecule has 1 unspecified atom stereocenters. The molecule has 0 fully saturated rings. The number of nitrogens with two attached hydrogens (primary N) is 2. The van der Waals surface area contributed by atoms with Crippen LogP contribution >= 0.6 is 0 Å². The quantitative estimate of drug-likeness (QED) is 0.371. The van der Waals surface area contributed by atoms with E-state index in [-0.39, 0.29) is 19.1 Å². The van der Waals surface area contributed by atoms with Crippen molar-refractivity contribution in [3.8, 4) is 16.9 Å². The van der Waals surface area contributed by atoms with Gasteiger partial charge in [-0.2, -0.15) is 0 Å². The van der Waals surface area contributed by atoms with E-state index in [0.29, 0.717) is 23.6 Å². The third kappa shape index (κ3) is 4.66. The van der Waals surface area contributed by atoms with Gasteiger partial charge < -0.3 is 25.7 Å². The summed E-state index contributed by atoms with van der Waals surface area (Å²) in [4.78, 5) is 11.2. The summed E-state index contributed by atoms with van der Waals surface area (Å²) in [6.45, 7) is 2.62. The normalized spacial score (nSPS) is 12.1. The second-order valence-corrected chi connectivity index (χ2v) is 7.87. The Morgan fingerprint density at radius 2 is 1.88 bits per heavy atom. The number of carboxylic acids is 1. The van der Waals surface area contributed by atoms with E-state index in [9.17, 15) is 4.79 Å². The van der Waals surface area contributed by atoms with Crippen LogP contribution in [0.5, 0.6) is 5.75 Å². The van der Waals surface area contributed by atoms with Crippen molar-refractivity contribution < 1.29 is 19.1 Å². The Kier molecular flexibility index (Phi) is 6.25. The van der Waals surface area contributed by atoms with Crippen molar-refractivity contribution in [2.45, 2.75) is 32.5 Å². The van der Waals surface area contributed by atoms with E-state index in [1.807, 2.05) is 49.4 Å². The number of hydrogen-bond donors (Lipinski definition) is 3. The van der Waals surface area contributed by atoms with Gasteiger partial charge in [0.15, 0.2) is 0 Å². The lowest BCUT2D eigenvalue weighted by atomic mass is 9.99. The molecule has 0 aliphatic heterocycles. The van der Waals surface area contributed by atoms with Gasteiger partial charge in [0, 0.05) is 23.1 Å². The second kappa shape index (κ2) is 9.26. The maximum absolute atomic E-state index is 11.2. The molecule has 0 saturated heterocycles. The summed E-state index contributed by atoms with van der Waals surface area (Å²) in [6.07, 6.45) is -0.0915. The van der Waals surface area contributed by atoms with Crippen LogP contribution in [-0.4, -0.2) is 11.1 Å². The minimum atomic E-state index is -0.897. The van der Waals surface area contributed by atoms with E-state index >= 15 is 0 Å². The molecule has 0 spiro atoms. The molecule has 6 nitrogen and oxygen atoms in total. The zero-order chi connectivity index (χ0) is 22.7. The molecule has 164 valence electrons. The Labute approximate surface area is 186 Å². The minimum absolute atomic E-state index is 0.0915. The standard InChI is InChI=1S/C26H26N2O4/c1-16(28)24-12-21-10-18(15-31-23-8-3-2-6-20(23)13-25(29)30)11-22(26(21)32-24)19-7-4-5-17(9-19)14-27/h2-12,16H,13-15,27-28H2,1H3,(H,29,30). The van der Waals surface area contributed by atoms with Gasteiger partial charge in [-0.25, -0.2) is 0 Å². The number of ether oxygens (including phenoxy) is 1. The SMILES string of the molecule is CC(N)c1cc2cc(COc3ccccc3CC(=O)O)cc(-c3cccc(CN)c3)c2o1. The highest BCUT2D eigenvalue weighted by Crippen LogP contribution is 2.34. The molecule has 1 heterocycles. The predicted octanol–water partition coefficient (Wildman–Crippen LogP) is 4.78. The first-order valence-electron chi connectivity index (χ1n) is 10.5. The Hall–Kier alpha value is -3.61. The molecule has 0 aliphatic carbocycles. The van der Waals surface area contributed by atoms with Gasteiger partial charge in [0.2, 0.25) is 0 Å². The zero-order valence-corrected chi connectivity index (χ0v) is 17.9. The van der Waals surface area contributed by atoms with Crippen LogP contribution in [0.1, 0.15) is 35.4 Å². The predicted molar refractivity (Wildman–Crippen MR) is 124 cm³/mol. The van der Waals surface area contributed by atoms with E-state index in [2.05, 4.69) is 6.07 Å². The number of furan rings is 1. The maximum Gasteiger partial charge on any atom is 0.307 e. The average molecular weight is 431 g/mol. The molecule has 1 aromatic heterocycles. The molecule has 0 aliphatic rings. The minimum Gasteiger partial charge on any atom is -0.489 e. The third-order valence-electron chi connectivity index (χ3n) is 5.33. The van der Waals surface area contributed by atoms with Gasteiger partial charge in [0.1, 0.15) is 23.7 Å². The molecule has 0 bridgehead atoms. The van der Waals surface area contributed by atoms with E-state index in [0.717, 1.165) is 33.2 Å². The molecule has 4 aromatic rings. The number of carboxylic acid groups (broad SMARTS) is 1. The van der Waals surface area contributed by atoms with Gasteiger partial charge in [-0.1, -0.05) is 36.4 Å². The van der Waals surface area contributed by atoms with Gasteiger partial charge in [-0.15, -0.1) is 0 Å². The average Bonchev–Trinajstić information content (AvgIpc) is 3.22. The summed E-state index contributed by atoms with van der Waals surface area (Å²) in [7, 11) is 0. The molecule has 0 saturated carbocycles. The highest BCUT2D eigenvalue weighted by molar-refractivity contribution is 5.93. The number of carbonyl (C=O) groups is 1. The fourth-order valence-corrected chi connectivity index (χ4v) is 3.74. The Morgan fingerprint density at radius 1 is 1.06 bits per heavy atom. The van der Waals surface area contributed by atoms with Crippen LogP contribution in [0.3, 0.4) is 0 Å². The molecule has 5 N–H and O–H groups in total. The van der Waals surface area contributed by atoms with E-state index < -0.39 is 5.97 Å². The fourth-order valence-electron chi connectivity index (χ4n) is 3.74. The molecule has 0 amide bonds. The summed E-state index contributed by atoms with van der Waals surface area (Å²) < 4.78 is 12.1. The molecule has 3 aromatic carbocycles. The van der Waals surface area contributed by atoms with Gasteiger partial charge in [0.05, 0.1) is 12.5 Å². The van der Waals surface area contributed by atoms with Gasteiger partial charge >= 0.3 is 5.97 Å². The highest BCUT2D eigenvalue weighted by Gasteiger charge is 2.15. The molecule has 0 radical (unpaired) electrons. The summed E-state index contributed by atoms with van der Waals surface area (Å²) in [5.74, 6) is 0.373. The molecular formula is C26H26N2O4. The monoisotopic (exact) mass is 430 g/mol. The Bertz CT molecular complexity index is 1260. The number of benzene rings is 3. The first-order valence-corrected chi connectivity index (χ1v) is 10.5. The third-order valence-corrected chi connectivity index (χ3v) is 5.33. The number of fused-ring (bicyclic) bond motifs is 1. The maximum atomic E-state index is 11.2. The van der Waals surface area contributed by atoms with Crippen molar-refractivity contribution in [2.24, 2.45) is 11.5 Å². The van der Waals surface area contributed by atoms with Crippen LogP contribution in [0.25, 0.3) is 22.1 Å². The summed E-state index contributed by atoms with van der Waals surface area (Å²) >= 11 is 0. The summed E-state index contributed by atoms with van der Waals surface area (Å²) in [5.41, 5.74) is 17.2. The summed E-state index contributed by atoms with van der Waals surface area (Å²) in [5, 5.41) is 10.1. The van der Waals surface area contributed by atoms with Gasteiger partial charge in [-0.3, -0.25) is 4.79 Å². The van der Waals surface area contributed by atoms with E-state index in [4.69, 9.17) is 25.7 Å². The van der Waals surface area contributed by atoms with Gasteiger partial charge in [-0.05, 0) is 53.9 Å². The van der Waals surface area contributed by atoms with Crippen molar-refractivity contribution >= 4 is 16.9 Å². The van der Waals surface area contributed by atoms with Gasteiger partial charge in [0.25, 0.3) is 0 Å². The first-order chi connectivity index (χ1) is 15.4.